The first-order chi connectivity index (χ1) is 14.7. The number of β-amino-alcohol motifs (C(OH)–C–C–N with tert-alkyl or cyclic N) is 1. The molecule has 4 aromatic rings. The summed E-state index contributed by atoms with van der Waals surface area (Å²) in [5, 5.41) is 19.2. The molecule has 10 heteroatoms. The minimum atomic E-state index is -4.42. The molecule has 0 aliphatic carbocycles. The molecular formula is C21H18F3N5O2. The Morgan fingerprint density at radius 1 is 1.13 bits per heavy atom. The van der Waals surface area contributed by atoms with E-state index in [-0.39, 0.29) is 5.91 Å². The summed E-state index contributed by atoms with van der Waals surface area (Å²) in [6.45, 7) is 0.787. The Hall–Kier alpha value is -3.40. The molecule has 1 amide bonds. The Morgan fingerprint density at radius 2 is 1.87 bits per heavy atom. The number of hydrogen-bond acceptors (Lipinski definition) is 4. The van der Waals surface area contributed by atoms with Gasteiger partial charge in [-0.3, -0.25) is 9.36 Å². The molecule has 1 N–H and O–H groups in total. The van der Waals surface area contributed by atoms with Crippen LogP contribution < -0.4 is 0 Å². The summed E-state index contributed by atoms with van der Waals surface area (Å²) >= 11 is 0. The van der Waals surface area contributed by atoms with E-state index < -0.39 is 17.8 Å². The number of hydrogen-bond donors (Lipinski definition) is 1. The van der Waals surface area contributed by atoms with Gasteiger partial charge in [-0.15, -0.1) is 5.10 Å². The van der Waals surface area contributed by atoms with Crippen LogP contribution in [0.5, 0.6) is 0 Å². The van der Waals surface area contributed by atoms with Crippen LogP contribution in [0.25, 0.3) is 27.8 Å². The zero-order valence-corrected chi connectivity index (χ0v) is 16.5. The number of fused-ring (bicyclic) bond motifs is 3. The minimum Gasteiger partial charge on any atom is -0.391 e. The van der Waals surface area contributed by atoms with Gasteiger partial charge in [0.25, 0.3) is 5.91 Å². The van der Waals surface area contributed by atoms with Crippen molar-refractivity contribution in [2.75, 3.05) is 13.1 Å². The SMILES string of the molecule is Cn1nc2c3cc(C(=O)N4CC[C@H](O)C4)ccc3n(-c3ccc(C(F)(F)F)cc3)c2n1. The first-order valence-corrected chi connectivity index (χ1v) is 9.73. The van der Waals surface area contributed by atoms with Crippen LogP contribution >= 0.6 is 0 Å². The van der Waals surface area contributed by atoms with E-state index >= 15 is 0 Å². The average molecular weight is 429 g/mol. The van der Waals surface area contributed by atoms with E-state index in [4.69, 9.17) is 0 Å². The van der Waals surface area contributed by atoms with Crippen molar-refractivity contribution in [1.82, 2.24) is 24.5 Å². The Bertz CT molecular complexity index is 1310. The summed E-state index contributed by atoms with van der Waals surface area (Å²) in [5.74, 6) is -0.183. The van der Waals surface area contributed by atoms with Crippen LogP contribution in [-0.2, 0) is 13.2 Å². The maximum Gasteiger partial charge on any atom is 0.416 e. The average Bonchev–Trinajstić information content (AvgIpc) is 3.40. The van der Waals surface area contributed by atoms with Crippen molar-refractivity contribution in [3.8, 4) is 5.69 Å². The number of alkyl halides is 3. The molecule has 1 saturated heterocycles. The van der Waals surface area contributed by atoms with Crippen LogP contribution in [0.2, 0.25) is 0 Å². The standard InChI is InChI=1S/C21H18F3N5O2/c1-27-25-18-16-10-12(20(31)28-9-8-15(30)11-28)2-7-17(16)29(19(18)26-27)14-5-3-13(4-6-14)21(22,23)24/h2-7,10,15,30H,8-9,11H2,1H3/t15-/m0/s1. The van der Waals surface area contributed by atoms with Gasteiger partial charge in [-0.05, 0) is 48.9 Å². The van der Waals surface area contributed by atoms with E-state index in [1.165, 1.54) is 16.9 Å². The molecule has 0 bridgehead atoms. The number of aromatic nitrogens is 4. The summed E-state index contributed by atoms with van der Waals surface area (Å²) in [6, 6.07) is 9.98. The number of carbonyl (C=O) groups is 1. The number of nitrogens with zero attached hydrogens (tertiary/aromatic N) is 5. The van der Waals surface area contributed by atoms with E-state index in [2.05, 4.69) is 10.2 Å². The van der Waals surface area contributed by atoms with Gasteiger partial charge < -0.3 is 10.0 Å². The molecular weight excluding hydrogens is 411 g/mol. The molecule has 1 aliphatic rings. The number of rotatable bonds is 2. The molecule has 7 nitrogen and oxygen atoms in total. The highest BCUT2D eigenvalue weighted by Crippen LogP contribution is 2.33. The van der Waals surface area contributed by atoms with Gasteiger partial charge in [0.1, 0.15) is 5.52 Å². The van der Waals surface area contributed by atoms with Gasteiger partial charge in [-0.1, -0.05) is 0 Å². The predicted octanol–water partition coefficient (Wildman–Crippen LogP) is 3.14. The molecule has 0 radical (unpaired) electrons. The lowest BCUT2D eigenvalue weighted by Gasteiger charge is -2.15. The summed E-state index contributed by atoms with van der Waals surface area (Å²) in [4.78, 5) is 15.8. The Labute approximate surface area is 174 Å². The molecule has 1 aliphatic heterocycles. The van der Waals surface area contributed by atoms with Crippen molar-refractivity contribution >= 4 is 28.0 Å². The number of aryl methyl sites for hydroxylation is 1. The lowest BCUT2D eigenvalue weighted by Crippen LogP contribution is -2.29. The third kappa shape index (κ3) is 3.23. The molecule has 3 heterocycles. The summed E-state index contributed by atoms with van der Waals surface area (Å²) in [5.41, 5.74) is 1.95. The van der Waals surface area contributed by atoms with Crippen molar-refractivity contribution in [2.24, 2.45) is 7.05 Å². The Balaban J connectivity index is 1.64. The smallest absolute Gasteiger partial charge is 0.391 e. The first-order valence-electron chi connectivity index (χ1n) is 9.73. The topological polar surface area (TPSA) is 76.2 Å². The number of benzene rings is 2. The second-order valence-electron chi connectivity index (χ2n) is 7.67. The first kappa shape index (κ1) is 19.6. The van der Waals surface area contributed by atoms with Crippen molar-refractivity contribution in [1.29, 1.82) is 0 Å². The van der Waals surface area contributed by atoms with Crippen molar-refractivity contribution in [2.45, 2.75) is 18.7 Å². The molecule has 2 aromatic heterocycles. The number of aliphatic hydroxyl groups excluding tert-OH is 1. The molecule has 31 heavy (non-hydrogen) atoms. The minimum absolute atomic E-state index is 0.183. The third-order valence-electron chi connectivity index (χ3n) is 5.55. The number of amides is 1. The van der Waals surface area contributed by atoms with Gasteiger partial charge in [0, 0.05) is 36.8 Å². The number of likely N-dealkylation sites (tertiary alicyclic amines) is 1. The monoisotopic (exact) mass is 429 g/mol. The number of carbonyl (C=O) groups excluding carboxylic acids is 1. The van der Waals surface area contributed by atoms with Crippen LogP contribution in [0.3, 0.4) is 0 Å². The summed E-state index contributed by atoms with van der Waals surface area (Å²) in [6.07, 6.45) is -4.38. The van der Waals surface area contributed by atoms with E-state index in [0.29, 0.717) is 52.8 Å². The quantitative estimate of drug-likeness (QED) is 0.531. The van der Waals surface area contributed by atoms with Crippen LogP contribution in [0.4, 0.5) is 13.2 Å². The van der Waals surface area contributed by atoms with Gasteiger partial charge in [-0.25, -0.2) is 0 Å². The zero-order chi connectivity index (χ0) is 21.9. The van der Waals surface area contributed by atoms with E-state index in [9.17, 15) is 23.1 Å². The van der Waals surface area contributed by atoms with Gasteiger partial charge in [0.2, 0.25) is 0 Å². The van der Waals surface area contributed by atoms with Crippen molar-refractivity contribution in [3.63, 3.8) is 0 Å². The van der Waals surface area contributed by atoms with Gasteiger partial charge >= 0.3 is 6.18 Å². The van der Waals surface area contributed by atoms with Crippen molar-refractivity contribution in [3.05, 3.63) is 53.6 Å². The Kier molecular flexibility index (Phi) is 4.30. The molecule has 160 valence electrons. The summed E-state index contributed by atoms with van der Waals surface area (Å²) in [7, 11) is 1.66. The van der Waals surface area contributed by atoms with Crippen LogP contribution in [0, 0.1) is 0 Å². The van der Waals surface area contributed by atoms with Crippen LogP contribution in [-0.4, -0.2) is 54.7 Å². The van der Waals surface area contributed by atoms with E-state index in [1.54, 1.807) is 34.7 Å². The molecule has 1 fully saturated rings. The predicted molar refractivity (Wildman–Crippen MR) is 107 cm³/mol. The highest BCUT2D eigenvalue weighted by molar-refractivity contribution is 6.08. The Morgan fingerprint density at radius 3 is 2.52 bits per heavy atom. The fourth-order valence-electron chi connectivity index (χ4n) is 4.06. The van der Waals surface area contributed by atoms with Gasteiger partial charge in [0.15, 0.2) is 5.65 Å². The lowest BCUT2D eigenvalue weighted by atomic mass is 10.1. The maximum atomic E-state index is 13.0. The zero-order valence-electron chi connectivity index (χ0n) is 16.5. The third-order valence-corrected chi connectivity index (χ3v) is 5.55. The number of aliphatic hydroxyl groups is 1. The second-order valence-corrected chi connectivity index (χ2v) is 7.67. The lowest BCUT2D eigenvalue weighted by molar-refractivity contribution is -0.137. The fourth-order valence-corrected chi connectivity index (χ4v) is 4.06. The largest absolute Gasteiger partial charge is 0.416 e. The van der Waals surface area contributed by atoms with Crippen LogP contribution in [0.1, 0.15) is 22.3 Å². The van der Waals surface area contributed by atoms with E-state index in [0.717, 1.165) is 12.1 Å². The number of halogens is 3. The van der Waals surface area contributed by atoms with Gasteiger partial charge in [0.05, 0.1) is 17.2 Å². The molecule has 1 atom stereocenters. The highest BCUT2D eigenvalue weighted by atomic mass is 19.4. The normalized spacial score (nSPS) is 17.2. The molecule has 2 aromatic carbocycles. The molecule has 0 spiro atoms. The maximum absolute atomic E-state index is 13.0. The van der Waals surface area contributed by atoms with Crippen LogP contribution in [0.15, 0.2) is 42.5 Å². The van der Waals surface area contributed by atoms with Crippen molar-refractivity contribution < 1.29 is 23.1 Å². The molecule has 5 rings (SSSR count). The molecule has 0 unspecified atom stereocenters. The highest BCUT2D eigenvalue weighted by Gasteiger charge is 2.30. The second kappa shape index (κ2) is 6.81. The molecule has 0 saturated carbocycles. The summed E-state index contributed by atoms with van der Waals surface area (Å²) < 4.78 is 40.6. The van der Waals surface area contributed by atoms with Gasteiger partial charge in [-0.2, -0.15) is 23.1 Å². The fraction of sp³-hybridized carbons (Fsp3) is 0.286. The van der Waals surface area contributed by atoms with E-state index in [1.807, 2.05) is 0 Å².